The number of aryl methyl sites for hydroxylation is 1. The minimum Gasteiger partial charge on any atom is -0.204 e. The zero-order valence-corrected chi connectivity index (χ0v) is 7.67. The minimum atomic E-state index is -1.41. The molecule has 0 radical (unpaired) electrons. The van der Waals surface area contributed by atoms with Gasteiger partial charge in [-0.3, -0.25) is 0 Å². The Labute approximate surface area is 76.5 Å². The first-order valence-corrected chi connectivity index (χ1v) is 4.46. The highest BCUT2D eigenvalue weighted by atomic mass is 79.9. The van der Waals surface area contributed by atoms with Crippen LogP contribution >= 0.6 is 15.9 Å². The molecule has 1 aromatic rings. The van der Waals surface area contributed by atoms with Crippen molar-refractivity contribution >= 4 is 15.9 Å². The molecule has 0 bridgehead atoms. The average Bonchev–Trinajstić information content (AvgIpc) is 2.01. The van der Waals surface area contributed by atoms with Crippen molar-refractivity contribution in [1.82, 2.24) is 0 Å². The summed E-state index contributed by atoms with van der Waals surface area (Å²) in [5.41, 5.74) is 0.447. The normalized spacial score (nSPS) is 10.3. The summed E-state index contributed by atoms with van der Waals surface area (Å²) >= 11 is 3.12. The molecule has 0 aromatic heterocycles. The Bertz CT molecular complexity index is 263. The molecule has 1 aromatic carbocycles. The molecular weight excluding hydrogens is 233 g/mol. The van der Waals surface area contributed by atoms with Crippen LogP contribution < -0.4 is 0 Å². The first-order valence-electron chi connectivity index (χ1n) is 3.34. The summed E-state index contributed by atoms with van der Waals surface area (Å²) in [4.78, 5) is 0. The molecule has 0 unspecified atom stereocenters. The lowest BCUT2D eigenvalue weighted by molar-refractivity contribution is 0.445. The van der Waals surface area contributed by atoms with Crippen LogP contribution in [0.15, 0.2) is 12.1 Å². The molecule has 0 N–H and O–H groups in total. The lowest BCUT2D eigenvalue weighted by atomic mass is 10.1. The highest BCUT2D eigenvalue weighted by Crippen LogP contribution is 2.14. The van der Waals surface area contributed by atoms with Crippen molar-refractivity contribution in [2.45, 2.75) is 6.42 Å². The van der Waals surface area contributed by atoms with E-state index in [9.17, 15) is 13.2 Å². The van der Waals surface area contributed by atoms with Crippen molar-refractivity contribution in [2.24, 2.45) is 0 Å². The van der Waals surface area contributed by atoms with E-state index >= 15 is 0 Å². The lowest BCUT2D eigenvalue weighted by Crippen LogP contribution is -1.95. The molecule has 4 heteroatoms. The standard InChI is InChI=1S/C8H6BrF3/c9-2-1-5-3-6(10)8(12)7(11)4-5/h3-4H,1-2H2. The maximum absolute atomic E-state index is 12.5. The van der Waals surface area contributed by atoms with Crippen molar-refractivity contribution in [2.75, 3.05) is 5.33 Å². The zero-order chi connectivity index (χ0) is 9.14. The molecular formula is C8H6BrF3. The van der Waals surface area contributed by atoms with E-state index in [1.54, 1.807) is 0 Å². The maximum atomic E-state index is 12.5. The highest BCUT2D eigenvalue weighted by Gasteiger charge is 2.09. The van der Waals surface area contributed by atoms with Crippen LogP contribution in [0.2, 0.25) is 0 Å². The van der Waals surface area contributed by atoms with Gasteiger partial charge >= 0.3 is 0 Å². The molecule has 0 aliphatic rings. The molecule has 0 spiro atoms. The van der Waals surface area contributed by atoms with Crippen LogP contribution in [0.4, 0.5) is 13.2 Å². The van der Waals surface area contributed by atoms with Gasteiger partial charge in [0.15, 0.2) is 17.5 Å². The fourth-order valence-corrected chi connectivity index (χ4v) is 1.32. The van der Waals surface area contributed by atoms with Gasteiger partial charge in [0.1, 0.15) is 0 Å². The molecule has 1 rings (SSSR count). The first kappa shape index (κ1) is 9.58. The molecule has 0 aliphatic heterocycles. The van der Waals surface area contributed by atoms with E-state index in [-0.39, 0.29) is 0 Å². The third kappa shape index (κ3) is 2.00. The van der Waals surface area contributed by atoms with Gasteiger partial charge in [-0.2, -0.15) is 0 Å². The minimum absolute atomic E-state index is 0.447. The molecule has 0 saturated heterocycles. The summed E-state index contributed by atoms with van der Waals surface area (Å²) in [7, 11) is 0. The van der Waals surface area contributed by atoms with Crippen LogP contribution in [-0.4, -0.2) is 5.33 Å². The predicted octanol–water partition coefficient (Wildman–Crippen LogP) is 3.04. The van der Waals surface area contributed by atoms with Crippen LogP contribution in [0.5, 0.6) is 0 Å². The number of alkyl halides is 1. The topological polar surface area (TPSA) is 0 Å². The van der Waals surface area contributed by atoms with Crippen LogP contribution in [0, 0.1) is 17.5 Å². The van der Waals surface area contributed by atoms with Crippen LogP contribution in [0.1, 0.15) is 5.56 Å². The lowest BCUT2D eigenvalue weighted by Gasteiger charge is -1.99. The van der Waals surface area contributed by atoms with Gasteiger partial charge in [0.05, 0.1) is 0 Å². The Hall–Kier alpha value is -0.510. The van der Waals surface area contributed by atoms with E-state index in [1.807, 2.05) is 0 Å². The van der Waals surface area contributed by atoms with Gasteiger partial charge in [0, 0.05) is 5.33 Å². The molecule has 12 heavy (non-hydrogen) atoms. The van der Waals surface area contributed by atoms with Crippen LogP contribution in [0.3, 0.4) is 0 Å². The van der Waals surface area contributed by atoms with E-state index in [2.05, 4.69) is 15.9 Å². The maximum Gasteiger partial charge on any atom is 0.194 e. The smallest absolute Gasteiger partial charge is 0.194 e. The Morgan fingerprint density at radius 1 is 1.08 bits per heavy atom. The molecule has 0 atom stereocenters. The van der Waals surface area contributed by atoms with E-state index in [1.165, 1.54) is 0 Å². The summed E-state index contributed by atoms with van der Waals surface area (Å²) in [6.45, 7) is 0. The van der Waals surface area contributed by atoms with Gasteiger partial charge in [0.25, 0.3) is 0 Å². The Morgan fingerprint density at radius 3 is 2.00 bits per heavy atom. The number of hydrogen-bond donors (Lipinski definition) is 0. The summed E-state index contributed by atoms with van der Waals surface area (Å²) in [5, 5.41) is 0.595. The molecule has 0 nitrogen and oxygen atoms in total. The highest BCUT2D eigenvalue weighted by molar-refractivity contribution is 9.09. The number of rotatable bonds is 2. The predicted molar refractivity (Wildman–Crippen MR) is 43.8 cm³/mol. The fourth-order valence-electron chi connectivity index (χ4n) is 0.861. The summed E-state index contributed by atoms with van der Waals surface area (Å²) in [6, 6.07) is 2.00. The molecule has 66 valence electrons. The summed E-state index contributed by atoms with van der Waals surface area (Å²) in [5.74, 6) is -3.68. The Morgan fingerprint density at radius 2 is 1.58 bits per heavy atom. The summed E-state index contributed by atoms with van der Waals surface area (Å²) < 4.78 is 37.5. The van der Waals surface area contributed by atoms with Crippen molar-refractivity contribution in [3.63, 3.8) is 0 Å². The zero-order valence-electron chi connectivity index (χ0n) is 6.08. The quantitative estimate of drug-likeness (QED) is 0.549. The average molecular weight is 239 g/mol. The van der Waals surface area contributed by atoms with Crippen molar-refractivity contribution in [3.8, 4) is 0 Å². The number of halogens is 4. The van der Waals surface area contributed by atoms with Crippen molar-refractivity contribution in [3.05, 3.63) is 35.1 Å². The second kappa shape index (κ2) is 3.94. The van der Waals surface area contributed by atoms with Gasteiger partial charge in [-0.05, 0) is 24.1 Å². The number of hydrogen-bond acceptors (Lipinski definition) is 0. The van der Waals surface area contributed by atoms with Gasteiger partial charge in [-0.15, -0.1) is 0 Å². The molecule has 0 heterocycles. The van der Waals surface area contributed by atoms with E-state index < -0.39 is 17.5 Å². The van der Waals surface area contributed by atoms with Gasteiger partial charge in [0.2, 0.25) is 0 Å². The van der Waals surface area contributed by atoms with E-state index in [0.717, 1.165) is 12.1 Å². The van der Waals surface area contributed by atoms with Crippen molar-refractivity contribution in [1.29, 1.82) is 0 Å². The fraction of sp³-hybridized carbons (Fsp3) is 0.250. The van der Waals surface area contributed by atoms with Crippen LogP contribution in [-0.2, 0) is 6.42 Å². The second-order valence-corrected chi connectivity index (χ2v) is 3.11. The second-order valence-electron chi connectivity index (χ2n) is 2.31. The number of benzene rings is 1. The molecule has 0 amide bonds. The molecule has 0 fully saturated rings. The first-order chi connectivity index (χ1) is 5.65. The van der Waals surface area contributed by atoms with Gasteiger partial charge in [-0.25, -0.2) is 13.2 Å². The van der Waals surface area contributed by atoms with Crippen molar-refractivity contribution < 1.29 is 13.2 Å². The Balaban J connectivity index is 3.04. The van der Waals surface area contributed by atoms with E-state index in [4.69, 9.17) is 0 Å². The monoisotopic (exact) mass is 238 g/mol. The molecule has 0 saturated carbocycles. The van der Waals surface area contributed by atoms with Gasteiger partial charge < -0.3 is 0 Å². The summed E-state index contributed by atoms with van der Waals surface area (Å²) in [6.07, 6.45) is 0.480. The molecule has 0 aliphatic carbocycles. The van der Waals surface area contributed by atoms with E-state index in [0.29, 0.717) is 17.3 Å². The third-order valence-electron chi connectivity index (χ3n) is 1.43. The third-order valence-corrected chi connectivity index (χ3v) is 1.82. The van der Waals surface area contributed by atoms with Gasteiger partial charge in [-0.1, -0.05) is 15.9 Å². The SMILES string of the molecule is Fc1cc(CCBr)cc(F)c1F. The van der Waals surface area contributed by atoms with Crippen LogP contribution in [0.25, 0.3) is 0 Å². The largest absolute Gasteiger partial charge is 0.204 e. The Kier molecular flexibility index (Phi) is 3.14.